The maximum absolute atomic E-state index is 11.6. The van der Waals surface area contributed by atoms with E-state index in [0.717, 1.165) is 13.1 Å². The second kappa shape index (κ2) is 4.73. The molecule has 1 saturated heterocycles. The first-order valence-corrected chi connectivity index (χ1v) is 5.23. The average Bonchev–Trinajstić information content (AvgIpc) is 2.80. The van der Waals surface area contributed by atoms with Crippen molar-refractivity contribution in [2.45, 2.75) is 12.8 Å². The molecule has 1 aliphatic heterocycles. The van der Waals surface area contributed by atoms with Crippen LogP contribution in [0.15, 0.2) is 36.8 Å². The van der Waals surface area contributed by atoms with Crippen LogP contribution in [0, 0.1) is 0 Å². The number of hydrogen-bond donors (Lipinski definition) is 0. The molecule has 15 heavy (non-hydrogen) atoms. The molecule has 78 valence electrons. The summed E-state index contributed by atoms with van der Waals surface area (Å²) in [5.74, 6) is 0.0231. The summed E-state index contributed by atoms with van der Waals surface area (Å²) < 4.78 is 0. The predicted octanol–water partition coefficient (Wildman–Crippen LogP) is 1.87. The summed E-state index contributed by atoms with van der Waals surface area (Å²) in [7, 11) is 0. The Hall–Kier alpha value is -1.64. The van der Waals surface area contributed by atoms with E-state index in [9.17, 15) is 4.79 Å². The minimum atomic E-state index is 0.0231. The average molecular weight is 202 g/mol. The van der Waals surface area contributed by atoms with Gasteiger partial charge in [0, 0.05) is 43.3 Å². The van der Waals surface area contributed by atoms with Gasteiger partial charge in [-0.3, -0.25) is 9.78 Å². The Bertz CT molecular complexity index is 353. The summed E-state index contributed by atoms with van der Waals surface area (Å²) in [4.78, 5) is 17.7. The van der Waals surface area contributed by atoms with Crippen molar-refractivity contribution < 1.29 is 4.79 Å². The molecule has 0 saturated carbocycles. The third-order valence-corrected chi connectivity index (χ3v) is 2.52. The normalized spacial score (nSPS) is 16.1. The number of likely N-dealkylation sites (tertiary alicyclic amines) is 1. The van der Waals surface area contributed by atoms with E-state index < -0.39 is 0 Å². The van der Waals surface area contributed by atoms with Crippen LogP contribution in [0.1, 0.15) is 23.2 Å². The van der Waals surface area contributed by atoms with Gasteiger partial charge in [-0.1, -0.05) is 0 Å². The molecule has 0 atom stereocenters. The van der Waals surface area contributed by atoms with Crippen molar-refractivity contribution >= 4 is 5.78 Å². The molecular formula is C12H14N2O. The number of rotatable bonds is 3. The van der Waals surface area contributed by atoms with Crippen LogP contribution in [-0.2, 0) is 0 Å². The van der Waals surface area contributed by atoms with Gasteiger partial charge in [0.2, 0.25) is 0 Å². The van der Waals surface area contributed by atoms with Crippen molar-refractivity contribution in [1.29, 1.82) is 0 Å². The number of ketones is 1. The highest BCUT2D eigenvalue weighted by Gasteiger charge is 2.07. The standard InChI is InChI=1S/C12H14N2O/c15-12(11-4-3-6-13-10-11)5-9-14-7-1-2-8-14/h3-6,9-10H,1-2,7-8H2. The SMILES string of the molecule is O=C(C=CN1CCCC1)c1cccnc1. The molecule has 0 unspecified atom stereocenters. The molecule has 2 rings (SSSR count). The number of carbonyl (C=O) groups excluding carboxylic acids is 1. The number of nitrogens with zero attached hydrogens (tertiary/aromatic N) is 2. The summed E-state index contributed by atoms with van der Waals surface area (Å²) >= 11 is 0. The van der Waals surface area contributed by atoms with E-state index in [0.29, 0.717) is 5.56 Å². The highest BCUT2D eigenvalue weighted by Crippen LogP contribution is 2.08. The fourth-order valence-corrected chi connectivity index (χ4v) is 1.67. The molecule has 2 heterocycles. The van der Waals surface area contributed by atoms with Gasteiger partial charge in [0.25, 0.3) is 0 Å². The van der Waals surface area contributed by atoms with Crippen molar-refractivity contribution in [3.8, 4) is 0 Å². The van der Waals surface area contributed by atoms with Crippen LogP contribution < -0.4 is 0 Å². The first-order chi connectivity index (χ1) is 7.36. The molecule has 3 nitrogen and oxygen atoms in total. The van der Waals surface area contributed by atoms with Crippen LogP contribution in [0.2, 0.25) is 0 Å². The molecule has 0 aliphatic carbocycles. The van der Waals surface area contributed by atoms with Gasteiger partial charge in [-0.2, -0.15) is 0 Å². The Morgan fingerprint density at radius 2 is 2.20 bits per heavy atom. The smallest absolute Gasteiger partial charge is 0.188 e. The summed E-state index contributed by atoms with van der Waals surface area (Å²) in [5.41, 5.74) is 0.646. The Balaban J connectivity index is 1.97. The molecule has 3 heteroatoms. The lowest BCUT2D eigenvalue weighted by Gasteiger charge is -2.09. The maximum Gasteiger partial charge on any atom is 0.188 e. The Morgan fingerprint density at radius 3 is 2.87 bits per heavy atom. The van der Waals surface area contributed by atoms with Gasteiger partial charge in [0.05, 0.1) is 0 Å². The van der Waals surface area contributed by atoms with Crippen molar-refractivity contribution in [2.75, 3.05) is 13.1 Å². The van der Waals surface area contributed by atoms with Crippen molar-refractivity contribution in [3.63, 3.8) is 0 Å². The molecular weight excluding hydrogens is 188 g/mol. The van der Waals surface area contributed by atoms with E-state index in [1.54, 1.807) is 30.6 Å². The highest BCUT2D eigenvalue weighted by molar-refractivity contribution is 6.04. The molecule has 1 aromatic rings. The van der Waals surface area contributed by atoms with Gasteiger partial charge in [0.15, 0.2) is 5.78 Å². The molecule has 1 aliphatic rings. The van der Waals surface area contributed by atoms with E-state index in [1.165, 1.54) is 12.8 Å². The third kappa shape index (κ3) is 2.65. The predicted molar refractivity (Wildman–Crippen MR) is 58.5 cm³/mol. The van der Waals surface area contributed by atoms with Gasteiger partial charge in [-0.15, -0.1) is 0 Å². The van der Waals surface area contributed by atoms with Crippen LogP contribution in [0.25, 0.3) is 0 Å². The maximum atomic E-state index is 11.6. The zero-order chi connectivity index (χ0) is 10.5. The highest BCUT2D eigenvalue weighted by atomic mass is 16.1. The molecule has 0 aromatic carbocycles. The number of carbonyl (C=O) groups is 1. The van der Waals surface area contributed by atoms with E-state index in [4.69, 9.17) is 0 Å². The lowest BCUT2D eigenvalue weighted by atomic mass is 10.2. The largest absolute Gasteiger partial charge is 0.377 e. The fourth-order valence-electron chi connectivity index (χ4n) is 1.67. The monoisotopic (exact) mass is 202 g/mol. The minimum absolute atomic E-state index is 0.0231. The minimum Gasteiger partial charge on any atom is -0.377 e. The van der Waals surface area contributed by atoms with Gasteiger partial charge in [-0.05, 0) is 25.0 Å². The zero-order valence-electron chi connectivity index (χ0n) is 8.60. The number of allylic oxidation sites excluding steroid dienone is 1. The lowest BCUT2D eigenvalue weighted by Crippen LogP contribution is -2.11. The lowest BCUT2D eigenvalue weighted by molar-refractivity contribution is 0.104. The zero-order valence-corrected chi connectivity index (χ0v) is 8.60. The Morgan fingerprint density at radius 1 is 1.40 bits per heavy atom. The van der Waals surface area contributed by atoms with Gasteiger partial charge in [-0.25, -0.2) is 0 Å². The molecule has 0 amide bonds. The topological polar surface area (TPSA) is 33.2 Å². The fraction of sp³-hybridized carbons (Fsp3) is 0.333. The van der Waals surface area contributed by atoms with E-state index >= 15 is 0 Å². The second-order valence-electron chi connectivity index (χ2n) is 3.66. The third-order valence-electron chi connectivity index (χ3n) is 2.52. The van der Waals surface area contributed by atoms with Crippen molar-refractivity contribution in [1.82, 2.24) is 9.88 Å². The van der Waals surface area contributed by atoms with Crippen LogP contribution in [0.3, 0.4) is 0 Å². The second-order valence-corrected chi connectivity index (χ2v) is 3.66. The summed E-state index contributed by atoms with van der Waals surface area (Å²) in [6, 6.07) is 3.56. The van der Waals surface area contributed by atoms with Gasteiger partial charge < -0.3 is 4.90 Å². The van der Waals surface area contributed by atoms with Crippen LogP contribution >= 0.6 is 0 Å². The number of hydrogen-bond acceptors (Lipinski definition) is 3. The molecule has 0 radical (unpaired) electrons. The van der Waals surface area contributed by atoms with E-state index in [1.807, 2.05) is 6.20 Å². The van der Waals surface area contributed by atoms with Crippen LogP contribution in [0.4, 0.5) is 0 Å². The van der Waals surface area contributed by atoms with Crippen LogP contribution in [-0.4, -0.2) is 28.8 Å². The molecule has 0 spiro atoms. The van der Waals surface area contributed by atoms with E-state index in [2.05, 4.69) is 9.88 Å². The Kier molecular flexibility index (Phi) is 3.12. The summed E-state index contributed by atoms with van der Waals surface area (Å²) in [5, 5.41) is 0. The van der Waals surface area contributed by atoms with E-state index in [-0.39, 0.29) is 5.78 Å². The van der Waals surface area contributed by atoms with Crippen molar-refractivity contribution in [3.05, 3.63) is 42.4 Å². The number of pyridine rings is 1. The molecule has 0 N–H and O–H groups in total. The summed E-state index contributed by atoms with van der Waals surface area (Å²) in [6.45, 7) is 2.13. The quantitative estimate of drug-likeness (QED) is 0.554. The molecule has 1 aromatic heterocycles. The number of aromatic nitrogens is 1. The first kappa shape index (κ1) is 9.90. The first-order valence-electron chi connectivity index (χ1n) is 5.23. The molecule has 1 fully saturated rings. The van der Waals surface area contributed by atoms with Crippen LogP contribution in [0.5, 0.6) is 0 Å². The summed E-state index contributed by atoms with van der Waals surface area (Å²) in [6.07, 6.45) is 9.24. The molecule has 0 bridgehead atoms. The van der Waals surface area contributed by atoms with Gasteiger partial charge in [0.1, 0.15) is 0 Å². The van der Waals surface area contributed by atoms with Gasteiger partial charge >= 0.3 is 0 Å². The van der Waals surface area contributed by atoms with Crippen molar-refractivity contribution in [2.24, 2.45) is 0 Å². The Labute approximate surface area is 89.4 Å².